The van der Waals surface area contributed by atoms with Crippen molar-refractivity contribution < 1.29 is 8.94 Å². The lowest BCUT2D eigenvalue weighted by Crippen LogP contribution is -2.28. The molecule has 0 aliphatic rings. The first kappa shape index (κ1) is 12.8. The van der Waals surface area contributed by atoms with Gasteiger partial charge in [0.05, 0.1) is 17.7 Å². The summed E-state index contributed by atoms with van der Waals surface area (Å²) in [6.45, 7) is 8.02. The summed E-state index contributed by atoms with van der Waals surface area (Å²) in [6, 6.07) is 1.81. The third kappa shape index (κ3) is 2.31. The molecule has 2 heterocycles. The highest BCUT2D eigenvalue weighted by Crippen LogP contribution is 2.28. The van der Waals surface area contributed by atoms with Crippen LogP contribution in [0.4, 0.5) is 0 Å². The maximum absolute atomic E-state index is 5.98. The Morgan fingerprint density at radius 2 is 2.00 bits per heavy atom. The molecule has 0 amide bonds. The zero-order valence-corrected chi connectivity index (χ0v) is 11.2. The van der Waals surface area contributed by atoms with Crippen LogP contribution in [0.1, 0.15) is 38.3 Å². The minimum Gasteiger partial charge on any atom is -0.469 e. The van der Waals surface area contributed by atoms with Crippen molar-refractivity contribution in [3.05, 3.63) is 24.0 Å². The van der Waals surface area contributed by atoms with Gasteiger partial charge >= 0.3 is 0 Å². The monoisotopic (exact) mass is 249 g/mol. The molecule has 2 N–H and O–H groups in total. The Morgan fingerprint density at radius 3 is 2.50 bits per heavy atom. The summed E-state index contributed by atoms with van der Waals surface area (Å²) < 4.78 is 10.6. The second-order valence-electron chi connectivity index (χ2n) is 4.98. The number of hydrogen-bond donors (Lipinski definition) is 1. The smallest absolute Gasteiger partial charge is 0.231 e. The number of furan rings is 1. The lowest BCUT2D eigenvalue weighted by atomic mass is 9.90. The van der Waals surface area contributed by atoms with Crippen molar-refractivity contribution in [1.82, 2.24) is 10.1 Å². The molecule has 2 aromatic rings. The summed E-state index contributed by atoms with van der Waals surface area (Å²) in [4.78, 5) is 4.44. The van der Waals surface area contributed by atoms with Crippen molar-refractivity contribution in [2.75, 3.05) is 0 Å². The van der Waals surface area contributed by atoms with E-state index in [-0.39, 0.29) is 12.0 Å². The van der Waals surface area contributed by atoms with E-state index in [2.05, 4.69) is 24.0 Å². The van der Waals surface area contributed by atoms with Gasteiger partial charge in [0, 0.05) is 6.04 Å². The molecule has 0 saturated carbocycles. The van der Waals surface area contributed by atoms with E-state index in [0.717, 1.165) is 11.3 Å². The highest BCUT2D eigenvalue weighted by atomic mass is 16.5. The van der Waals surface area contributed by atoms with Crippen molar-refractivity contribution in [3.8, 4) is 11.4 Å². The Bertz CT molecular complexity index is 506. The molecule has 0 bridgehead atoms. The summed E-state index contributed by atoms with van der Waals surface area (Å²) in [5.41, 5.74) is 6.84. The van der Waals surface area contributed by atoms with Crippen molar-refractivity contribution in [2.45, 2.75) is 39.7 Å². The van der Waals surface area contributed by atoms with Gasteiger partial charge in [0.15, 0.2) is 0 Å². The van der Waals surface area contributed by atoms with Gasteiger partial charge in [-0.25, -0.2) is 0 Å². The van der Waals surface area contributed by atoms with Crippen LogP contribution < -0.4 is 5.73 Å². The van der Waals surface area contributed by atoms with E-state index in [9.17, 15) is 0 Å². The molecule has 0 aromatic carbocycles. The fraction of sp³-hybridized carbons (Fsp3) is 0.538. The molecule has 0 aliphatic carbocycles. The third-order valence-electron chi connectivity index (χ3n) is 3.11. The van der Waals surface area contributed by atoms with Crippen LogP contribution in [0.15, 0.2) is 21.3 Å². The molecule has 0 fully saturated rings. The number of nitrogens with two attached hydrogens (primary N) is 1. The van der Waals surface area contributed by atoms with Gasteiger partial charge in [0.1, 0.15) is 5.76 Å². The number of rotatable bonds is 4. The van der Waals surface area contributed by atoms with Crippen LogP contribution in [-0.4, -0.2) is 16.2 Å². The SMILES string of the molecule is Cc1occc1-c1noc(C(C(C)C)C(C)N)n1. The highest BCUT2D eigenvalue weighted by molar-refractivity contribution is 5.56. The Balaban J connectivity index is 2.33. The van der Waals surface area contributed by atoms with Crippen molar-refractivity contribution in [2.24, 2.45) is 11.7 Å². The van der Waals surface area contributed by atoms with Gasteiger partial charge in [-0.15, -0.1) is 0 Å². The maximum atomic E-state index is 5.98. The van der Waals surface area contributed by atoms with Crippen LogP contribution in [0.3, 0.4) is 0 Å². The molecule has 2 rings (SSSR count). The largest absolute Gasteiger partial charge is 0.469 e. The number of aromatic nitrogens is 2. The van der Waals surface area contributed by atoms with Crippen LogP contribution in [-0.2, 0) is 0 Å². The summed E-state index contributed by atoms with van der Waals surface area (Å²) in [6.07, 6.45) is 1.62. The predicted octanol–water partition coefficient (Wildman–Crippen LogP) is 2.72. The molecule has 18 heavy (non-hydrogen) atoms. The van der Waals surface area contributed by atoms with Crippen LogP contribution >= 0.6 is 0 Å². The fourth-order valence-corrected chi connectivity index (χ4v) is 2.21. The first-order chi connectivity index (χ1) is 8.50. The molecule has 5 nitrogen and oxygen atoms in total. The average molecular weight is 249 g/mol. The highest BCUT2D eigenvalue weighted by Gasteiger charge is 2.26. The molecule has 0 saturated heterocycles. The summed E-state index contributed by atoms with van der Waals surface area (Å²) in [5.74, 6) is 2.35. The Hall–Kier alpha value is -1.62. The summed E-state index contributed by atoms with van der Waals surface area (Å²) in [5, 5.41) is 4.00. The van der Waals surface area contributed by atoms with Crippen LogP contribution in [0.5, 0.6) is 0 Å². The van der Waals surface area contributed by atoms with Crippen molar-refractivity contribution in [1.29, 1.82) is 0 Å². The molecule has 2 unspecified atom stereocenters. The molecule has 0 aliphatic heterocycles. The average Bonchev–Trinajstić information content (AvgIpc) is 2.85. The second kappa shape index (κ2) is 4.94. The van der Waals surface area contributed by atoms with Crippen LogP contribution in [0.25, 0.3) is 11.4 Å². The van der Waals surface area contributed by atoms with Gasteiger partial charge in [0.2, 0.25) is 11.7 Å². The first-order valence-corrected chi connectivity index (χ1v) is 6.14. The second-order valence-corrected chi connectivity index (χ2v) is 4.98. The van der Waals surface area contributed by atoms with Crippen LogP contribution in [0.2, 0.25) is 0 Å². The molecule has 2 atom stereocenters. The topological polar surface area (TPSA) is 78.1 Å². The van der Waals surface area contributed by atoms with Gasteiger partial charge < -0.3 is 14.7 Å². The number of aryl methyl sites for hydroxylation is 1. The number of hydrogen-bond acceptors (Lipinski definition) is 5. The van der Waals surface area contributed by atoms with E-state index >= 15 is 0 Å². The lowest BCUT2D eigenvalue weighted by molar-refractivity contribution is 0.300. The van der Waals surface area contributed by atoms with E-state index in [4.69, 9.17) is 14.7 Å². The molecule has 2 aromatic heterocycles. The summed E-state index contributed by atoms with van der Waals surface area (Å²) >= 11 is 0. The molecule has 98 valence electrons. The van der Waals surface area contributed by atoms with Gasteiger partial charge in [0.25, 0.3) is 0 Å². The van der Waals surface area contributed by atoms with Gasteiger partial charge in [-0.1, -0.05) is 19.0 Å². The van der Waals surface area contributed by atoms with E-state index < -0.39 is 0 Å². The molecule has 5 heteroatoms. The molecule has 0 radical (unpaired) electrons. The lowest BCUT2D eigenvalue weighted by Gasteiger charge is -2.20. The summed E-state index contributed by atoms with van der Waals surface area (Å²) in [7, 11) is 0. The third-order valence-corrected chi connectivity index (χ3v) is 3.11. The van der Waals surface area contributed by atoms with E-state index in [1.165, 1.54) is 0 Å². The zero-order chi connectivity index (χ0) is 13.3. The van der Waals surface area contributed by atoms with Gasteiger partial charge in [-0.3, -0.25) is 0 Å². The zero-order valence-electron chi connectivity index (χ0n) is 11.2. The minimum absolute atomic E-state index is 0.0243. The van der Waals surface area contributed by atoms with Gasteiger partial charge in [-0.05, 0) is 25.8 Å². The molecule has 0 spiro atoms. The van der Waals surface area contributed by atoms with E-state index in [1.807, 2.05) is 19.9 Å². The Kier molecular flexibility index (Phi) is 3.52. The first-order valence-electron chi connectivity index (χ1n) is 6.14. The number of nitrogens with zero attached hydrogens (tertiary/aromatic N) is 2. The maximum Gasteiger partial charge on any atom is 0.231 e. The van der Waals surface area contributed by atoms with E-state index in [0.29, 0.717) is 17.6 Å². The predicted molar refractivity (Wildman–Crippen MR) is 68.0 cm³/mol. The Labute approximate surface area is 106 Å². The molecular formula is C13H19N3O2. The minimum atomic E-state index is -0.0243. The quantitative estimate of drug-likeness (QED) is 0.901. The van der Waals surface area contributed by atoms with E-state index in [1.54, 1.807) is 6.26 Å². The van der Waals surface area contributed by atoms with Crippen molar-refractivity contribution >= 4 is 0 Å². The normalized spacial score (nSPS) is 15.0. The molecular weight excluding hydrogens is 230 g/mol. The van der Waals surface area contributed by atoms with Crippen molar-refractivity contribution in [3.63, 3.8) is 0 Å². The van der Waals surface area contributed by atoms with Crippen LogP contribution in [0, 0.1) is 12.8 Å². The Morgan fingerprint density at radius 1 is 1.28 bits per heavy atom. The standard InChI is InChI=1S/C13H19N3O2/c1-7(2)11(8(3)14)13-15-12(16-18-13)10-5-6-17-9(10)4/h5-8,11H,14H2,1-4H3. The fourth-order valence-electron chi connectivity index (χ4n) is 2.21. The van der Waals surface area contributed by atoms with Gasteiger partial charge in [-0.2, -0.15) is 4.98 Å².